The molecular formula is C11H14N2. The van der Waals surface area contributed by atoms with Crippen molar-refractivity contribution < 1.29 is 0 Å². The fourth-order valence-electron chi connectivity index (χ4n) is 1.30. The maximum absolute atomic E-state index is 4.31. The molecule has 0 amide bonds. The lowest BCUT2D eigenvalue weighted by atomic mass is 9.98. The zero-order valence-electron chi connectivity index (χ0n) is 7.88. The standard InChI is InChI=1S/C11H14N2/c1-9-4-2-7-11(8-9)13-12-10-5-3-6-10/h2,4,7-8,13H,3,5-6H2,1H3. The van der Waals surface area contributed by atoms with Crippen molar-refractivity contribution in [2.24, 2.45) is 5.10 Å². The molecule has 1 N–H and O–H groups in total. The molecule has 0 bridgehead atoms. The highest BCUT2D eigenvalue weighted by atomic mass is 15.3. The molecule has 0 aromatic heterocycles. The third kappa shape index (κ3) is 2.08. The first-order valence-electron chi connectivity index (χ1n) is 4.73. The van der Waals surface area contributed by atoms with Crippen LogP contribution in [0.5, 0.6) is 0 Å². The molecule has 1 fully saturated rings. The second-order valence-corrected chi connectivity index (χ2v) is 3.51. The van der Waals surface area contributed by atoms with Crippen LogP contribution in [0.3, 0.4) is 0 Å². The van der Waals surface area contributed by atoms with Gasteiger partial charge >= 0.3 is 0 Å². The molecule has 0 aliphatic heterocycles. The van der Waals surface area contributed by atoms with Crippen LogP contribution in [-0.2, 0) is 0 Å². The van der Waals surface area contributed by atoms with Gasteiger partial charge in [-0.3, -0.25) is 5.43 Å². The SMILES string of the molecule is Cc1cccc(NN=C2CCC2)c1. The topological polar surface area (TPSA) is 24.4 Å². The molecule has 1 aromatic carbocycles. The van der Waals surface area contributed by atoms with Crippen LogP contribution in [0.4, 0.5) is 5.69 Å². The minimum absolute atomic E-state index is 1.08. The summed E-state index contributed by atoms with van der Waals surface area (Å²) in [4.78, 5) is 0. The van der Waals surface area contributed by atoms with Crippen LogP contribution < -0.4 is 5.43 Å². The van der Waals surface area contributed by atoms with Gasteiger partial charge in [0.05, 0.1) is 5.69 Å². The maximum Gasteiger partial charge on any atom is 0.0564 e. The molecule has 2 rings (SSSR count). The van der Waals surface area contributed by atoms with Crippen LogP contribution in [0.2, 0.25) is 0 Å². The number of hydrogen-bond acceptors (Lipinski definition) is 2. The van der Waals surface area contributed by atoms with E-state index < -0.39 is 0 Å². The van der Waals surface area contributed by atoms with Crippen molar-refractivity contribution >= 4 is 11.4 Å². The van der Waals surface area contributed by atoms with Crippen LogP contribution in [0.15, 0.2) is 29.4 Å². The molecule has 0 spiro atoms. The van der Waals surface area contributed by atoms with Crippen molar-refractivity contribution in [1.29, 1.82) is 0 Å². The molecule has 0 unspecified atom stereocenters. The molecule has 2 heteroatoms. The zero-order valence-corrected chi connectivity index (χ0v) is 7.88. The number of aryl methyl sites for hydroxylation is 1. The minimum atomic E-state index is 1.08. The van der Waals surface area contributed by atoms with Gasteiger partial charge in [0.15, 0.2) is 0 Å². The Balaban J connectivity index is 2.01. The molecule has 1 aliphatic carbocycles. The third-order valence-electron chi connectivity index (χ3n) is 2.29. The Morgan fingerprint density at radius 1 is 1.31 bits per heavy atom. The highest BCUT2D eigenvalue weighted by Gasteiger charge is 2.09. The van der Waals surface area contributed by atoms with Crippen molar-refractivity contribution in [2.45, 2.75) is 26.2 Å². The summed E-state index contributed by atoms with van der Waals surface area (Å²) in [7, 11) is 0. The number of rotatable bonds is 2. The van der Waals surface area contributed by atoms with E-state index in [2.05, 4.69) is 29.6 Å². The van der Waals surface area contributed by atoms with Gasteiger partial charge in [-0.25, -0.2) is 0 Å². The van der Waals surface area contributed by atoms with Gasteiger partial charge in [0, 0.05) is 5.71 Å². The fraction of sp³-hybridized carbons (Fsp3) is 0.364. The van der Waals surface area contributed by atoms with Crippen LogP contribution in [0.1, 0.15) is 24.8 Å². The summed E-state index contributed by atoms with van der Waals surface area (Å²) in [6, 6.07) is 8.26. The van der Waals surface area contributed by atoms with Crippen molar-refractivity contribution in [3.8, 4) is 0 Å². The third-order valence-corrected chi connectivity index (χ3v) is 2.29. The molecular weight excluding hydrogens is 160 g/mol. The lowest BCUT2D eigenvalue weighted by Crippen LogP contribution is -2.11. The molecule has 0 radical (unpaired) electrons. The molecule has 0 heterocycles. The van der Waals surface area contributed by atoms with Gasteiger partial charge in [-0.1, -0.05) is 12.1 Å². The second kappa shape index (κ2) is 3.60. The number of hydrazone groups is 1. The summed E-state index contributed by atoms with van der Waals surface area (Å²) in [6.45, 7) is 2.08. The van der Waals surface area contributed by atoms with E-state index in [0.717, 1.165) is 5.69 Å². The predicted octanol–water partition coefficient (Wildman–Crippen LogP) is 2.95. The van der Waals surface area contributed by atoms with Gasteiger partial charge in [0.25, 0.3) is 0 Å². The number of nitrogens with one attached hydrogen (secondary N) is 1. The van der Waals surface area contributed by atoms with Gasteiger partial charge < -0.3 is 0 Å². The Bertz CT molecular complexity index is 323. The normalized spacial score (nSPS) is 15.0. The number of anilines is 1. The van der Waals surface area contributed by atoms with E-state index in [1.54, 1.807) is 0 Å². The second-order valence-electron chi connectivity index (χ2n) is 3.51. The van der Waals surface area contributed by atoms with Crippen molar-refractivity contribution in [1.82, 2.24) is 0 Å². The summed E-state index contributed by atoms with van der Waals surface area (Å²) in [5.41, 5.74) is 6.71. The Hall–Kier alpha value is -1.31. The molecule has 13 heavy (non-hydrogen) atoms. The zero-order chi connectivity index (χ0) is 9.10. The predicted molar refractivity (Wildman–Crippen MR) is 56.1 cm³/mol. The van der Waals surface area contributed by atoms with E-state index in [-0.39, 0.29) is 0 Å². The summed E-state index contributed by atoms with van der Waals surface area (Å²) >= 11 is 0. The van der Waals surface area contributed by atoms with E-state index >= 15 is 0 Å². The van der Waals surface area contributed by atoms with Crippen molar-refractivity contribution in [3.05, 3.63) is 29.8 Å². The smallest absolute Gasteiger partial charge is 0.0564 e. The minimum Gasteiger partial charge on any atom is -0.279 e. The van der Waals surface area contributed by atoms with Crippen LogP contribution >= 0.6 is 0 Å². The van der Waals surface area contributed by atoms with E-state index in [1.807, 2.05) is 12.1 Å². The molecule has 1 saturated carbocycles. The van der Waals surface area contributed by atoms with E-state index in [4.69, 9.17) is 0 Å². The van der Waals surface area contributed by atoms with E-state index in [0.29, 0.717) is 0 Å². The quantitative estimate of drug-likeness (QED) is 0.685. The maximum atomic E-state index is 4.31. The Morgan fingerprint density at radius 2 is 2.15 bits per heavy atom. The Morgan fingerprint density at radius 3 is 2.77 bits per heavy atom. The first-order valence-corrected chi connectivity index (χ1v) is 4.73. The molecule has 0 atom stereocenters. The first-order chi connectivity index (χ1) is 6.34. The van der Waals surface area contributed by atoms with Crippen LogP contribution in [0.25, 0.3) is 0 Å². The molecule has 1 aliphatic rings. The van der Waals surface area contributed by atoms with Gasteiger partial charge in [-0.15, -0.1) is 0 Å². The summed E-state index contributed by atoms with van der Waals surface area (Å²) in [6.07, 6.45) is 3.63. The van der Waals surface area contributed by atoms with E-state index in [9.17, 15) is 0 Å². The molecule has 1 aromatic rings. The average Bonchev–Trinajstić information content (AvgIpc) is 2.01. The van der Waals surface area contributed by atoms with Crippen LogP contribution in [0, 0.1) is 6.92 Å². The largest absolute Gasteiger partial charge is 0.279 e. The fourth-order valence-corrected chi connectivity index (χ4v) is 1.30. The van der Waals surface area contributed by atoms with Crippen LogP contribution in [-0.4, -0.2) is 5.71 Å². The molecule has 68 valence electrons. The first kappa shape index (κ1) is 8.30. The van der Waals surface area contributed by atoms with Gasteiger partial charge in [0.2, 0.25) is 0 Å². The highest BCUT2D eigenvalue weighted by molar-refractivity contribution is 5.89. The Kier molecular flexibility index (Phi) is 2.30. The number of benzene rings is 1. The summed E-state index contributed by atoms with van der Waals surface area (Å²) in [5.74, 6) is 0. The van der Waals surface area contributed by atoms with E-state index in [1.165, 1.54) is 30.5 Å². The highest BCUT2D eigenvalue weighted by Crippen LogP contribution is 2.15. The lowest BCUT2D eigenvalue weighted by Gasteiger charge is -2.14. The monoisotopic (exact) mass is 174 g/mol. The summed E-state index contributed by atoms with van der Waals surface area (Å²) in [5, 5.41) is 4.31. The lowest BCUT2D eigenvalue weighted by molar-refractivity contribution is 0.798. The van der Waals surface area contributed by atoms with Gasteiger partial charge in [-0.05, 0) is 43.9 Å². The van der Waals surface area contributed by atoms with Gasteiger partial charge in [0.1, 0.15) is 0 Å². The number of nitrogens with zero attached hydrogens (tertiary/aromatic N) is 1. The molecule has 0 saturated heterocycles. The van der Waals surface area contributed by atoms with Crippen molar-refractivity contribution in [2.75, 3.05) is 5.43 Å². The number of hydrogen-bond donors (Lipinski definition) is 1. The van der Waals surface area contributed by atoms with Crippen molar-refractivity contribution in [3.63, 3.8) is 0 Å². The molecule has 2 nitrogen and oxygen atoms in total. The Labute approximate surface area is 78.7 Å². The summed E-state index contributed by atoms with van der Waals surface area (Å²) < 4.78 is 0. The average molecular weight is 174 g/mol. The van der Waals surface area contributed by atoms with Gasteiger partial charge in [-0.2, -0.15) is 5.10 Å².